The van der Waals surface area contributed by atoms with E-state index in [0.717, 1.165) is 31.6 Å². The minimum atomic E-state index is -0.163. The number of hydrogen-bond acceptors (Lipinski definition) is 2. The van der Waals surface area contributed by atoms with Crippen molar-refractivity contribution in [2.45, 2.75) is 32.2 Å². The minimum Gasteiger partial charge on any atom is -0.371 e. The van der Waals surface area contributed by atoms with Gasteiger partial charge in [0.1, 0.15) is 5.82 Å². The molecule has 0 spiro atoms. The van der Waals surface area contributed by atoms with Crippen molar-refractivity contribution in [1.82, 2.24) is 0 Å². The zero-order chi connectivity index (χ0) is 12.3. The van der Waals surface area contributed by atoms with Crippen molar-refractivity contribution < 1.29 is 4.39 Å². The molecule has 1 aliphatic carbocycles. The summed E-state index contributed by atoms with van der Waals surface area (Å²) in [5, 5.41) is 0. The average Bonchev–Trinajstić information content (AvgIpc) is 2.72. The van der Waals surface area contributed by atoms with Crippen molar-refractivity contribution in [3.63, 3.8) is 0 Å². The summed E-state index contributed by atoms with van der Waals surface area (Å²) in [5.41, 5.74) is 6.91. The number of anilines is 1. The van der Waals surface area contributed by atoms with Gasteiger partial charge in [-0.1, -0.05) is 6.07 Å². The Morgan fingerprint density at radius 3 is 2.82 bits per heavy atom. The van der Waals surface area contributed by atoms with Crippen LogP contribution in [0.5, 0.6) is 0 Å². The lowest BCUT2D eigenvalue weighted by Gasteiger charge is -2.26. The third-order valence-corrected chi connectivity index (χ3v) is 3.62. The summed E-state index contributed by atoms with van der Waals surface area (Å²) in [7, 11) is 0. The Kier molecular flexibility index (Phi) is 4.00. The first-order chi connectivity index (χ1) is 8.19. The third-order valence-electron chi connectivity index (χ3n) is 3.62. The summed E-state index contributed by atoms with van der Waals surface area (Å²) < 4.78 is 13.2. The van der Waals surface area contributed by atoms with Crippen LogP contribution in [-0.4, -0.2) is 19.1 Å². The van der Waals surface area contributed by atoms with E-state index in [0.29, 0.717) is 12.0 Å². The lowest BCUT2D eigenvalue weighted by Crippen LogP contribution is -2.29. The van der Waals surface area contributed by atoms with E-state index < -0.39 is 0 Å². The summed E-state index contributed by atoms with van der Waals surface area (Å²) in [6.45, 7) is 4.02. The highest BCUT2D eigenvalue weighted by atomic mass is 19.1. The monoisotopic (exact) mass is 236 g/mol. The quantitative estimate of drug-likeness (QED) is 0.871. The van der Waals surface area contributed by atoms with Gasteiger partial charge in [-0.15, -0.1) is 0 Å². The van der Waals surface area contributed by atoms with Gasteiger partial charge < -0.3 is 10.6 Å². The van der Waals surface area contributed by atoms with E-state index in [4.69, 9.17) is 5.73 Å². The molecule has 2 atom stereocenters. The normalized spacial score (nSPS) is 23.9. The molecule has 94 valence electrons. The fraction of sp³-hybridized carbons (Fsp3) is 0.571. The predicted molar refractivity (Wildman–Crippen MR) is 69.6 cm³/mol. The molecular weight excluding hydrogens is 215 g/mol. The molecule has 0 aliphatic heterocycles. The molecule has 2 unspecified atom stereocenters. The number of halogens is 1. The predicted octanol–water partition coefficient (Wildman–Crippen LogP) is 2.78. The van der Waals surface area contributed by atoms with E-state index in [1.807, 2.05) is 6.07 Å². The van der Waals surface area contributed by atoms with Crippen molar-refractivity contribution in [3.05, 3.63) is 30.1 Å². The van der Waals surface area contributed by atoms with E-state index in [1.165, 1.54) is 12.5 Å². The van der Waals surface area contributed by atoms with E-state index in [-0.39, 0.29) is 5.82 Å². The number of hydrogen-bond donors (Lipinski definition) is 1. The van der Waals surface area contributed by atoms with Crippen molar-refractivity contribution in [1.29, 1.82) is 0 Å². The molecule has 2 N–H and O–H groups in total. The zero-order valence-corrected chi connectivity index (χ0v) is 10.4. The van der Waals surface area contributed by atoms with Crippen LogP contribution in [0.1, 0.15) is 26.2 Å². The maximum atomic E-state index is 13.2. The Morgan fingerprint density at radius 1 is 1.41 bits per heavy atom. The number of rotatable bonds is 4. The number of nitrogens with two attached hydrogens (primary N) is 1. The Balaban J connectivity index is 2.01. The second-order valence-corrected chi connectivity index (χ2v) is 4.96. The van der Waals surface area contributed by atoms with Gasteiger partial charge in [-0.25, -0.2) is 4.39 Å². The van der Waals surface area contributed by atoms with Crippen LogP contribution in [-0.2, 0) is 0 Å². The van der Waals surface area contributed by atoms with Crippen LogP contribution < -0.4 is 10.6 Å². The Bertz CT molecular complexity index is 367. The molecule has 0 amide bonds. The molecule has 0 radical (unpaired) electrons. The third kappa shape index (κ3) is 3.19. The highest BCUT2D eigenvalue weighted by Gasteiger charge is 2.23. The van der Waals surface area contributed by atoms with Gasteiger partial charge in [-0.3, -0.25) is 0 Å². The van der Waals surface area contributed by atoms with Crippen LogP contribution >= 0.6 is 0 Å². The van der Waals surface area contributed by atoms with E-state index >= 15 is 0 Å². The molecule has 0 saturated heterocycles. The fourth-order valence-corrected chi connectivity index (χ4v) is 2.68. The first kappa shape index (κ1) is 12.4. The fourth-order valence-electron chi connectivity index (χ4n) is 2.68. The second kappa shape index (κ2) is 5.50. The number of benzene rings is 1. The van der Waals surface area contributed by atoms with Crippen LogP contribution in [0, 0.1) is 11.7 Å². The molecule has 0 aromatic heterocycles. The summed E-state index contributed by atoms with van der Waals surface area (Å²) in [5.74, 6) is 0.497. The molecule has 1 aliphatic rings. The van der Waals surface area contributed by atoms with Gasteiger partial charge in [0, 0.05) is 24.8 Å². The first-order valence-electron chi connectivity index (χ1n) is 6.45. The molecule has 2 rings (SSSR count). The largest absolute Gasteiger partial charge is 0.371 e. The summed E-state index contributed by atoms with van der Waals surface area (Å²) in [4.78, 5) is 2.24. The summed E-state index contributed by atoms with van der Waals surface area (Å²) >= 11 is 0. The van der Waals surface area contributed by atoms with E-state index in [9.17, 15) is 4.39 Å². The zero-order valence-electron chi connectivity index (χ0n) is 10.4. The van der Waals surface area contributed by atoms with Crippen LogP contribution in [0.25, 0.3) is 0 Å². The van der Waals surface area contributed by atoms with Gasteiger partial charge in [0.25, 0.3) is 0 Å². The van der Waals surface area contributed by atoms with Crippen molar-refractivity contribution in [2.24, 2.45) is 11.7 Å². The molecular formula is C14H21FN2. The van der Waals surface area contributed by atoms with Crippen LogP contribution in [0.3, 0.4) is 0 Å². The SMILES string of the molecule is CCN(CC1CCC(N)C1)c1cccc(F)c1. The number of nitrogens with zero attached hydrogens (tertiary/aromatic N) is 1. The van der Waals surface area contributed by atoms with Gasteiger partial charge in [0.05, 0.1) is 0 Å². The van der Waals surface area contributed by atoms with Crippen LogP contribution in [0.2, 0.25) is 0 Å². The van der Waals surface area contributed by atoms with Gasteiger partial charge >= 0.3 is 0 Å². The topological polar surface area (TPSA) is 29.3 Å². The molecule has 0 heterocycles. The van der Waals surface area contributed by atoms with Crippen LogP contribution in [0.15, 0.2) is 24.3 Å². The van der Waals surface area contributed by atoms with Gasteiger partial charge in [0.2, 0.25) is 0 Å². The Labute approximate surface area is 103 Å². The average molecular weight is 236 g/mol. The molecule has 1 fully saturated rings. The molecule has 1 saturated carbocycles. The maximum Gasteiger partial charge on any atom is 0.125 e. The smallest absolute Gasteiger partial charge is 0.125 e. The maximum absolute atomic E-state index is 13.2. The lowest BCUT2D eigenvalue weighted by atomic mass is 10.1. The molecule has 17 heavy (non-hydrogen) atoms. The van der Waals surface area contributed by atoms with Crippen molar-refractivity contribution in [2.75, 3.05) is 18.0 Å². The lowest BCUT2D eigenvalue weighted by molar-refractivity contribution is 0.525. The Morgan fingerprint density at radius 2 is 2.24 bits per heavy atom. The molecule has 1 aromatic rings. The summed E-state index contributed by atoms with van der Waals surface area (Å²) in [6.07, 6.45) is 3.43. The Hall–Kier alpha value is -1.09. The minimum absolute atomic E-state index is 0.163. The van der Waals surface area contributed by atoms with E-state index in [2.05, 4.69) is 11.8 Å². The first-order valence-corrected chi connectivity index (χ1v) is 6.45. The van der Waals surface area contributed by atoms with Gasteiger partial charge in [-0.2, -0.15) is 0 Å². The highest BCUT2D eigenvalue weighted by Crippen LogP contribution is 2.27. The molecule has 3 heteroatoms. The highest BCUT2D eigenvalue weighted by molar-refractivity contribution is 5.46. The van der Waals surface area contributed by atoms with Crippen molar-refractivity contribution in [3.8, 4) is 0 Å². The summed E-state index contributed by atoms with van der Waals surface area (Å²) in [6, 6.07) is 7.21. The van der Waals surface area contributed by atoms with Crippen molar-refractivity contribution >= 4 is 5.69 Å². The van der Waals surface area contributed by atoms with Gasteiger partial charge in [-0.05, 0) is 50.3 Å². The van der Waals surface area contributed by atoms with Crippen LogP contribution in [0.4, 0.5) is 10.1 Å². The molecule has 0 bridgehead atoms. The van der Waals surface area contributed by atoms with Gasteiger partial charge in [0.15, 0.2) is 0 Å². The standard InChI is InChI=1S/C14H21FN2/c1-2-17(10-11-6-7-13(16)8-11)14-5-3-4-12(15)9-14/h3-5,9,11,13H,2,6-8,10,16H2,1H3. The molecule has 2 nitrogen and oxygen atoms in total. The molecule has 1 aromatic carbocycles. The van der Waals surface area contributed by atoms with E-state index in [1.54, 1.807) is 12.1 Å². The second-order valence-electron chi connectivity index (χ2n) is 4.96.